The maximum atomic E-state index is 12.1. The van der Waals surface area contributed by atoms with Crippen LogP contribution in [0.5, 0.6) is 5.75 Å². The molecular formula is C21H26N2O9. The summed E-state index contributed by atoms with van der Waals surface area (Å²) in [5, 5.41) is 16.1. The molecule has 1 aromatic heterocycles. The summed E-state index contributed by atoms with van der Waals surface area (Å²) in [6.07, 6.45) is -5.18. The highest BCUT2D eigenvalue weighted by atomic mass is 16.7. The summed E-state index contributed by atoms with van der Waals surface area (Å²) in [7, 11) is 2.82. The molecule has 1 aliphatic heterocycles. The number of aliphatic hydroxyl groups is 1. The van der Waals surface area contributed by atoms with Gasteiger partial charge in [0.05, 0.1) is 5.60 Å². The Morgan fingerprint density at radius 2 is 1.94 bits per heavy atom. The summed E-state index contributed by atoms with van der Waals surface area (Å²) < 4.78 is 27.7. The van der Waals surface area contributed by atoms with Gasteiger partial charge in [0.1, 0.15) is 23.1 Å². The van der Waals surface area contributed by atoms with Crippen molar-refractivity contribution >= 4 is 28.7 Å². The van der Waals surface area contributed by atoms with E-state index < -0.39 is 47.8 Å². The van der Waals surface area contributed by atoms with Gasteiger partial charge >= 0.3 is 11.7 Å². The van der Waals surface area contributed by atoms with Gasteiger partial charge in [0, 0.05) is 32.5 Å². The zero-order valence-electron chi connectivity index (χ0n) is 18.3. The van der Waals surface area contributed by atoms with Crippen molar-refractivity contribution in [2.75, 3.05) is 19.5 Å². The largest absolute Gasteiger partial charge is 0.462 e. The van der Waals surface area contributed by atoms with Crippen molar-refractivity contribution in [2.24, 2.45) is 0 Å². The van der Waals surface area contributed by atoms with E-state index in [0.29, 0.717) is 5.39 Å². The van der Waals surface area contributed by atoms with E-state index in [1.807, 2.05) is 0 Å². The molecule has 2 aromatic rings. The number of alkyl carbamates (subject to hydrolysis) is 1. The number of ether oxygens (including phenoxy) is 4. The van der Waals surface area contributed by atoms with E-state index in [1.165, 1.54) is 33.2 Å². The predicted molar refractivity (Wildman–Crippen MR) is 113 cm³/mol. The normalized spacial score (nSPS) is 24.6. The number of carbonyl (C=O) groups excluding carboxylic acids is 2. The lowest BCUT2D eigenvalue weighted by Crippen LogP contribution is -2.65. The number of rotatable bonds is 5. The number of carbonyl (C=O) groups is 2. The van der Waals surface area contributed by atoms with E-state index in [4.69, 9.17) is 23.4 Å². The highest BCUT2D eigenvalue weighted by Gasteiger charge is 2.53. The fourth-order valence-electron chi connectivity index (χ4n) is 3.57. The van der Waals surface area contributed by atoms with Crippen LogP contribution < -0.4 is 21.0 Å². The van der Waals surface area contributed by atoms with Gasteiger partial charge in [0.2, 0.25) is 12.2 Å². The van der Waals surface area contributed by atoms with Crippen LogP contribution >= 0.6 is 0 Å². The molecule has 1 unspecified atom stereocenters. The molecular weight excluding hydrogens is 424 g/mol. The minimum atomic E-state index is -1.38. The van der Waals surface area contributed by atoms with Crippen molar-refractivity contribution in [1.29, 1.82) is 0 Å². The van der Waals surface area contributed by atoms with E-state index in [1.54, 1.807) is 26.0 Å². The van der Waals surface area contributed by atoms with Crippen molar-refractivity contribution in [3.63, 3.8) is 0 Å². The lowest BCUT2D eigenvalue weighted by atomic mass is 9.89. The number of anilines is 1. The number of hydrogen-bond acceptors (Lipinski definition) is 9. The Bertz CT molecular complexity index is 1060. The van der Waals surface area contributed by atoms with Crippen LogP contribution in [-0.2, 0) is 19.0 Å². The van der Waals surface area contributed by atoms with Gasteiger partial charge in [-0.25, -0.2) is 9.59 Å². The first-order valence-electron chi connectivity index (χ1n) is 9.85. The highest BCUT2D eigenvalue weighted by Crippen LogP contribution is 2.34. The van der Waals surface area contributed by atoms with Gasteiger partial charge in [-0.3, -0.25) is 4.79 Å². The summed E-state index contributed by atoms with van der Waals surface area (Å²) in [6, 6.07) is 6.14. The Morgan fingerprint density at radius 3 is 2.56 bits per heavy atom. The summed E-state index contributed by atoms with van der Waals surface area (Å²) >= 11 is 0. The van der Waals surface area contributed by atoms with Crippen LogP contribution in [0.15, 0.2) is 33.5 Å². The second kappa shape index (κ2) is 9.15. The topological polar surface area (TPSA) is 146 Å². The average molecular weight is 450 g/mol. The Kier molecular flexibility index (Phi) is 6.72. The molecule has 3 N–H and O–H groups in total. The number of fused-ring (bicyclic) bond motifs is 1. The molecule has 0 aliphatic carbocycles. The zero-order chi connectivity index (χ0) is 23.6. The molecule has 0 radical (unpaired) electrons. The minimum absolute atomic E-state index is 0.0197. The van der Waals surface area contributed by atoms with E-state index in [0.717, 1.165) is 0 Å². The SMILES string of the molecule is CNC(=O)O[C@@H]1[C@H](O)C(Oc2ccc3cc(NC(C)=O)c(=O)oc3c2)OC(C)(C)[C@@H]1OC. The number of benzene rings is 1. The van der Waals surface area contributed by atoms with Crippen LogP contribution in [0.1, 0.15) is 20.8 Å². The number of methoxy groups -OCH3 is 1. The molecule has 3 rings (SSSR count). The number of hydrogen-bond donors (Lipinski definition) is 3. The number of amides is 2. The zero-order valence-corrected chi connectivity index (χ0v) is 18.3. The van der Waals surface area contributed by atoms with Gasteiger partial charge in [0.15, 0.2) is 12.2 Å². The highest BCUT2D eigenvalue weighted by molar-refractivity contribution is 5.91. The van der Waals surface area contributed by atoms with Crippen molar-refractivity contribution in [3.8, 4) is 5.75 Å². The molecule has 1 fully saturated rings. The number of nitrogens with one attached hydrogen (secondary N) is 2. The van der Waals surface area contributed by atoms with E-state index >= 15 is 0 Å². The van der Waals surface area contributed by atoms with Gasteiger partial charge in [-0.1, -0.05) is 0 Å². The first kappa shape index (κ1) is 23.5. The predicted octanol–water partition coefficient (Wildman–Crippen LogP) is 1.37. The van der Waals surface area contributed by atoms with Crippen LogP contribution in [0, 0.1) is 0 Å². The molecule has 2 heterocycles. The molecule has 0 spiro atoms. The fourth-order valence-corrected chi connectivity index (χ4v) is 3.57. The Balaban J connectivity index is 1.88. The lowest BCUT2D eigenvalue weighted by molar-refractivity contribution is -0.304. The number of aliphatic hydroxyl groups excluding tert-OH is 1. The molecule has 0 saturated carbocycles. The summed E-state index contributed by atoms with van der Waals surface area (Å²) in [6.45, 7) is 4.71. The fraction of sp³-hybridized carbons (Fsp3) is 0.476. The average Bonchev–Trinajstić information content (AvgIpc) is 2.71. The Morgan fingerprint density at radius 1 is 1.22 bits per heavy atom. The first-order chi connectivity index (χ1) is 15.1. The molecule has 1 aliphatic rings. The minimum Gasteiger partial charge on any atom is -0.462 e. The third kappa shape index (κ3) is 4.85. The van der Waals surface area contributed by atoms with E-state index in [-0.39, 0.29) is 17.0 Å². The van der Waals surface area contributed by atoms with Crippen molar-refractivity contribution in [2.45, 2.75) is 51.0 Å². The maximum Gasteiger partial charge on any atom is 0.407 e. The van der Waals surface area contributed by atoms with Gasteiger partial charge in [-0.2, -0.15) is 0 Å². The summed E-state index contributed by atoms with van der Waals surface area (Å²) in [5.41, 5.74) is -1.47. The van der Waals surface area contributed by atoms with Gasteiger partial charge in [-0.05, 0) is 32.0 Å². The van der Waals surface area contributed by atoms with Crippen molar-refractivity contribution in [3.05, 3.63) is 34.7 Å². The van der Waals surface area contributed by atoms with Gasteiger partial charge < -0.3 is 39.1 Å². The van der Waals surface area contributed by atoms with Gasteiger partial charge in [0.25, 0.3) is 0 Å². The Labute approximate surface area is 183 Å². The maximum absolute atomic E-state index is 12.1. The standard InChI is InChI=1S/C21H26N2O9/c1-10(24)23-13-8-11-6-7-12(9-14(11)30-18(13)26)29-19-15(25)16(31-20(27)22-4)17(28-5)21(2,3)32-19/h6-9,15-17,19,25H,1-5H3,(H,22,27)(H,23,24)/t15-,16+,17+,19?/m0/s1. The van der Waals surface area contributed by atoms with Crippen LogP contribution in [0.2, 0.25) is 0 Å². The second-order valence-corrected chi connectivity index (χ2v) is 7.80. The molecule has 11 nitrogen and oxygen atoms in total. The molecule has 0 bridgehead atoms. The molecule has 174 valence electrons. The van der Waals surface area contributed by atoms with Crippen LogP contribution in [-0.4, -0.2) is 61.5 Å². The Hall–Kier alpha value is -3.15. The first-order valence-corrected chi connectivity index (χ1v) is 9.85. The third-order valence-electron chi connectivity index (χ3n) is 4.99. The second-order valence-electron chi connectivity index (χ2n) is 7.80. The smallest absolute Gasteiger partial charge is 0.407 e. The van der Waals surface area contributed by atoms with Crippen LogP contribution in [0.25, 0.3) is 11.0 Å². The van der Waals surface area contributed by atoms with Crippen molar-refractivity contribution in [1.82, 2.24) is 5.32 Å². The molecule has 1 saturated heterocycles. The van der Waals surface area contributed by atoms with Crippen LogP contribution in [0.4, 0.5) is 10.5 Å². The van der Waals surface area contributed by atoms with Gasteiger partial charge in [-0.15, -0.1) is 0 Å². The molecule has 2 amide bonds. The van der Waals surface area contributed by atoms with Crippen LogP contribution in [0.3, 0.4) is 0 Å². The molecule has 11 heteroatoms. The summed E-state index contributed by atoms with van der Waals surface area (Å²) in [5.74, 6) is -0.159. The monoisotopic (exact) mass is 450 g/mol. The van der Waals surface area contributed by atoms with E-state index in [2.05, 4.69) is 10.6 Å². The third-order valence-corrected chi connectivity index (χ3v) is 4.99. The molecule has 1 aromatic carbocycles. The summed E-state index contributed by atoms with van der Waals surface area (Å²) in [4.78, 5) is 35.1. The van der Waals surface area contributed by atoms with Crippen molar-refractivity contribution < 1.29 is 38.1 Å². The quantitative estimate of drug-likeness (QED) is 0.575. The molecule has 32 heavy (non-hydrogen) atoms. The lowest BCUT2D eigenvalue weighted by Gasteiger charge is -2.47. The molecule has 4 atom stereocenters. The van der Waals surface area contributed by atoms with E-state index in [9.17, 15) is 19.5 Å².